The fourth-order valence-electron chi connectivity index (χ4n) is 2.26. The Labute approximate surface area is 227 Å². The molecule has 0 atom stereocenters. The van der Waals surface area contributed by atoms with Crippen molar-refractivity contribution in [3.63, 3.8) is 0 Å². The number of halogens is 4. The Morgan fingerprint density at radius 1 is 0.611 bits per heavy atom. The van der Waals surface area contributed by atoms with Crippen molar-refractivity contribution in [2.75, 3.05) is 0 Å². The van der Waals surface area contributed by atoms with Crippen LogP contribution < -0.4 is 0 Å². The highest BCUT2D eigenvalue weighted by Gasteiger charge is 2.19. The van der Waals surface area contributed by atoms with Gasteiger partial charge >= 0.3 is 17.9 Å². The highest BCUT2D eigenvalue weighted by atomic mass is 35.5. The Bertz CT molecular complexity index is 1160. The molecule has 0 aliphatic heterocycles. The lowest BCUT2D eigenvalue weighted by atomic mass is 10.2. The van der Waals surface area contributed by atoms with Crippen molar-refractivity contribution in [2.24, 2.45) is 0 Å². The topological polar surface area (TPSA) is 88.1 Å². The summed E-state index contributed by atoms with van der Waals surface area (Å²) in [4.78, 5) is 53.3. The molecule has 11 heteroatoms. The lowest BCUT2D eigenvalue weighted by Crippen LogP contribution is -2.21. The fourth-order valence-corrected chi connectivity index (χ4v) is 3.23. The van der Waals surface area contributed by atoms with Crippen LogP contribution in [0.1, 0.15) is 51.8 Å². The summed E-state index contributed by atoms with van der Waals surface area (Å²) in [7, 11) is 0. The van der Waals surface area contributed by atoms with Gasteiger partial charge in [0.2, 0.25) is 0 Å². The number of carbonyl (C=O) groups excluding carboxylic acids is 3. The van der Waals surface area contributed by atoms with Crippen LogP contribution in [0.15, 0.2) is 66.7 Å². The second-order valence-electron chi connectivity index (χ2n) is 7.92. The zero-order chi connectivity index (χ0) is 26.9. The second-order valence-corrected chi connectivity index (χ2v) is 9.61. The molecule has 0 bridgehead atoms. The zero-order valence-corrected chi connectivity index (χ0v) is 22.2. The monoisotopic (exact) mass is 572 g/mol. The molecule has 0 heterocycles. The SMILES string of the molecule is CC(C)(C)OOC(=O)c1ccccc1.O=C(OOC(=O)c1ccc(Cl)cc1Cl)c1ccc(Cl)cc1Cl. The maximum atomic E-state index is 11.8. The van der Waals surface area contributed by atoms with Gasteiger partial charge in [-0.1, -0.05) is 64.6 Å². The van der Waals surface area contributed by atoms with E-state index in [1.165, 1.54) is 36.4 Å². The molecule has 0 saturated carbocycles. The van der Waals surface area contributed by atoms with Gasteiger partial charge in [0.1, 0.15) is 5.60 Å². The van der Waals surface area contributed by atoms with Crippen molar-refractivity contribution in [1.82, 2.24) is 0 Å². The van der Waals surface area contributed by atoms with Crippen LogP contribution in [-0.2, 0) is 19.6 Å². The van der Waals surface area contributed by atoms with Crippen LogP contribution in [-0.4, -0.2) is 23.5 Å². The second kappa shape index (κ2) is 13.5. The van der Waals surface area contributed by atoms with E-state index in [0.29, 0.717) is 15.6 Å². The first-order chi connectivity index (χ1) is 16.9. The van der Waals surface area contributed by atoms with Gasteiger partial charge < -0.3 is 0 Å². The van der Waals surface area contributed by atoms with Crippen LogP contribution in [0.3, 0.4) is 0 Å². The minimum Gasteiger partial charge on any atom is -0.292 e. The van der Waals surface area contributed by atoms with E-state index in [4.69, 9.17) is 51.3 Å². The summed E-state index contributed by atoms with van der Waals surface area (Å²) in [5.41, 5.74) is 0.00338. The van der Waals surface area contributed by atoms with Gasteiger partial charge in [-0.2, -0.15) is 4.89 Å². The van der Waals surface area contributed by atoms with Gasteiger partial charge in [-0.15, -0.1) is 0 Å². The van der Waals surface area contributed by atoms with Gasteiger partial charge in [0.15, 0.2) is 0 Å². The smallest absolute Gasteiger partial charge is 0.292 e. The summed E-state index contributed by atoms with van der Waals surface area (Å²) in [6.07, 6.45) is 0. The summed E-state index contributed by atoms with van der Waals surface area (Å²) >= 11 is 23.1. The highest BCUT2D eigenvalue weighted by Crippen LogP contribution is 2.23. The number of carbonyl (C=O) groups is 3. The third-order valence-electron chi connectivity index (χ3n) is 3.87. The Morgan fingerprint density at radius 2 is 1.06 bits per heavy atom. The van der Waals surface area contributed by atoms with E-state index >= 15 is 0 Å². The number of benzene rings is 3. The molecular formula is C25H20Cl4O7. The van der Waals surface area contributed by atoms with E-state index in [1.54, 1.807) is 24.3 Å². The molecule has 0 aromatic heterocycles. The van der Waals surface area contributed by atoms with Crippen LogP contribution in [0.2, 0.25) is 20.1 Å². The summed E-state index contributed by atoms with van der Waals surface area (Å²) < 4.78 is 0. The Balaban J connectivity index is 0.000000281. The van der Waals surface area contributed by atoms with Crippen LogP contribution in [0.25, 0.3) is 0 Å². The van der Waals surface area contributed by atoms with E-state index in [1.807, 2.05) is 26.8 Å². The van der Waals surface area contributed by atoms with Crippen molar-refractivity contribution >= 4 is 64.3 Å². The van der Waals surface area contributed by atoms with Crippen LogP contribution in [0, 0.1) is 0 Å². The van der Waals surface area contributed by atoms with E-state index in [-0.39, 0.29) is 21.2 Å². The molecule has 0 radical (unpaired) electrons. The Hall–Kier alpha value is -2.81. The van der Waals surface area contributed by atoms with Crippen molar-refractivity contribution in [2.45, 2.75) is 26.4 Å². The molecule has 3 aromatic rings. The van der Waals surface area contributed by atoms with E-state index < -0.39 is 23.5 Å². The molecule has 0 aliphatic carbocycles. The first-order valence-corrected chi connectivity index (χ1v) is 11.7. The summed E-state index contributed by atoms with van der Waals surface area (Å²) in [5.74, 6) is -2.36. The molecule has 0 amide bonds. The largest absolute Gasteiger partial charge is 0.387 e. The molecule has 0 spiro atoms. The molecular weight excluding hydrogens is 554 g/mol. The van der Waals surface area contributed by atoms with Gasteiger partial charge in [0.25, 0.3) is 0 Å². The molecule has 36 heavy (non-hydrogen) atoms. The molecule has 0 saturated heterocycles. The molecule has 0 unspecified atom stereocenters. The fraction of sp³-hybridized carbons (Fsp3) is 0.160. The summed E-state index contributed by atoms with van der Waals surface area (Å²) in [6.45, 7) is 5.43. The quantitative estimate of drug-likeness (QED) is 0.232. The van der Waals surface area contributed by atoms with Gasteiger partial charge in [-0.05, 0) is 69.3 Å². The Kier molecular flexibility index (Phi) is 11.0. The molecule has 0 aliphatic rings. The van der Waals surface area contributed by atoms with Crippen LogP contribution in [0.4, 0.5) is 0 Å². The molecule has 7 nitrogen and oxygen atoms in total. The predicted molar refractivity (Wildman–Crippen MR) is 136 cm³/mol. The van der Waals surface area contributed by atoms with Crippen molar-refractivity contribution in [3.05, 3.63) is 104 Å². The average Bonchev–Trinajstić information content (AvgIpc) is 2.81. The van der Waals surface area contributed by atoms with E-state index in [9.17, 15) is 14.4 Å². The minimum absolute atomic E-state index is 0.000990. The lowest BCUT2D eigenvalue weighted by Gasteiger charge is -2.16. The maximum absolute atomic E-state index is 11.8. The van der Waals surface area contributed by atoms with Gasteiger partial charge in [0, 0.05) is 10.0 Å². The normalized spacial score (nSPS) is 10.5. The maximum Gasteiger partial charge on any atom is 0.387 e. The standard InChI is InChI=1S/C14H6Cl4O4.C11H14O3/c15-7-1-3-9(11(17)5-7)13(19)21-22-14(20)10-4-2-8(16)6-12(10)18;1-11(2,3)14-13-10(12)9-7-5-4-6-8-9/h1-6H;4-8H,1-3H3. The zero-order valence-electron chi connectivity index (χ0n) is 19.2. The van der Waals surface area contributed by atoms with E-state index in [2.05, 4.69) is 14.7 Å². The highest BCUT2D eigenvalue weighted by molar-refractivity contribution is 6.37. The van der Waals surface area contributed by atoms with E-state index in [0.717, 1.165) is 0 Å². The van der Waals surface area contributed by atoms with Crippen molar-refractivity contribution < 1.29 is 33.9 Å². The molecule has 3 aromatic carbocycles. The predicted octanol–water partition coefficient (Wildman–Crippen LogP) is 7.80. The molecule has 3 rings (SSSR count). The first-order valence-electron chi connectivity index (χ1n) is 10.2. The van der Waals surface area contributed by atoms with Gasteiger partial charge in [-0.3, -0.25) is 4.89 Å². The lowest BCUT2D eigenvalue weighted by molar-refractivity contribution is -0.301. The molecule has 190 valence electrons. The summed E-state index contributed by atoms with van der Waals surface area (Å²) in [6, 6.07) is 17.0. The van der Waals surface area contributed by atoms with Crippen LogP contribution >= 0.6 is 46.4 Å². The minimum atomic E-state index is -0.944. The molecule has 0 fully saturated rings. The summed E-state index contributed by atoms with van der Waals surface area (Å²) in [5, 5.41) is 0.842. The number of rotatable bonds is 4. The van der Waals surface area contributed by atoms with Crippen molar-refractivity contribution in [1.29, 1.82) is 0 Å². The van der Waals surface area contributed by atoms with Crippen LogP contribution in [0.5, 0.6) is 0 Å². The average molecular weight is 574 g/mol. The molecule has 0 N–H and O–H groups in total. The third kappa shape index (κ3) is 9.68. The first kappa shape index (κ1) is 29.4. The van der Waals surface area contributed by atoms with Crippen molar-refractivity contribution in [3.8, 4) is 0 Å². The van der Waals surface area contributed by atoms with Gasteiger partial charge in [0.05, 0.1) is 26.7 Å². The number of hydrogen-bond acceptors (Lipinski definition) is 7. The third-order valence-corrected chi connectivity index (χ3v) is 4.97. The van der Waals surface area contributed by atoms with Gasteiger partial charge in [-0.25, -0.2) is 24.2 Å². The Morgan fingerprint density at radius 3 is 1.44 bits per heavy atom. The number of hydrogen-bond donors (Lipinski definition) is 0.